The Hall–Kier alpha value is -0.590. The molecule has 0 aromatic heterocycles. The molecule has 0 unspecified atom stereocenters. The normalized spacial score (nSPS) is 10.2. The van der Waals surface area contributed by atoms with Crippen molar-refractivity contribution in [1.82, 2.24) is 0 Å². The largest absolute Gasteiger partial charge is 2.00 e. The molecule has 6 nitrogen and oxygen atoms in total. The van der Waals surface area contributed by atoms with Gasteiger partial charge in [0.1, 0.15) is 0 Å². The second-order valence-electron chi connectivity index (χ2n) is 5.26. The summed E-state index contributed by atoms with van der Waals surface area (Å²) in [7, 11) is 0. The van der Waals surface area contributed by atoms with Gasteiger partial charge in [0.15, 0.2) is 0 Å². The third-order valence-electron chi connectivity index (χ3n) is 3.12. The summed E-state index contributed by atoms with van der Waals surface area (Å²) in [6, 6.07) is 0. The quantitative estimate of drug-likeness (QED) is 0.219. The molecule has 0 saturated carbocycles. The first-order valence-corrected chi connectivity index (χ1v) is 8.23. The van der Waals surface area contributed by atoms with Crippen LogP contribution in [0.5, 0.6) is 0 Å². The Balaban J connectivity index is -0.000000807. The Kier molecular flexibility index (Phi) is 20.0. The number of carbonyl (C=O) groups excluding carboxylic acids is 2. The van der Waals surface area contributed by atoms with Gasteiger partial charge in [0.2, 0.25) is 0 Å². The number of esters is 2. The van der Waals surface area contributed by atoms with Crippen LogP contribution in [0.4, 0.5) is 0 Å². The first kappa shape index (κ1) is 25.6. The fraction of sp³-hybridized carbons (Fsp3) is 0.706. The molecular weight excluding hydrogens is 340 g/mol. The van der Waals surface area contributed by atoms with E-state index in [2.05, 4.69) is 0 Å². The Labute approximate surface area is 176 Å². The van der Waals surface area contributed by atoms with E-state index in [9.17, 15) is 14.4 Å². The van der Waals surface area contributed by atoms with Gasteiger partial charge in [-0.15, -0.1) is 0 Å². The number of ether oxygens (including phenoxy) is 2. The third-order valence-corrected chi connectivity index (χ3v) is 3.12. The molecule has 0 aliphatic heterocycles. The smallest absolute Gasteiger partial charge is 1.00 e. The van der Waals surface area contributed by atoms with Gasteiger partial charge in [-0.2, -0.15) is 0 Å². The second-order valence-corrected chi connectivity index (χ2v) is 5.26. The van der Waals surface area contributed by atoms with Crippen LogP contribution in [0.15, 0.2) is 12.2 Å². The van der Waals surface area contributed by atoms with Crippen molar-refractivity contribution < 1.29 is 31.8 Å². The molecule has 0 atom stereocenters. The summed E-state index contributed by atoms with van der Waals surface area (Å²) in [6.45, 7) is 2.59. The minimum absolute atomic E-state index is 0. The summed E-state index contributed by atoms with van der Waals surface area (Å²) in [5.41, 5.74) is 0. The van der Waals surface area contributed by atoms with Crippen LogP contribution < -0.4 is 0 Å². The summed E-state index contributed by atoms with van der Waals surface area (Å²) < 4.78 is 10.1. The van der Waals surface area contributed by atoms with Crippen molar-refractivity contribution in [2.24, 2.45) is 0 Å². The average Bonchev–Trinajstić information content (AvgIpc) is 2.49. The molecule has 0 aromatic carbocycles. The monoisotopic (exact) mass is 370 g/mol. The molecule has 0 aliphatic rings. The number of hydrogen-bond donors (Lipinski definition) is 1. The zero-order chi connectivity index (χ0) is 17.3. The number of unbranched alkanes of at least 4 members (excludes halogenated alkanes) is 5. The number of allylic oxidation sites excluding steroid dienone is 1. The molecule has 0 aliphatic carbocycles. The Morgan fingerprint density at radius 3 is 2.00 bits per heavy atom. The molecule has 0 radical (unpaired) electrons. The molecule has 0 heterocycles. The number of carboxylic acids is 1. The van der Waals surface area contributed by atoms with Gasteiger partial charge in [0.25, 0.3) is 0 Å². The molecule has 0 rings (SSSR count). The van der Waals surface area contributed by atoms with E-state index in [1.54, 1.807) is 13.0 Å². The molecule has 0 aromatic rings. The second kappa shape index (κ2) is 18.7. The van der Waals surface area contributed by atoms with Crippen LogP contribution in [0.3, 0.4) is 0 Å². The van der Waals surface area contributed by atoms with E-state index in [4.69, 9.17) is 14.6 Å². The van der Waals surface area contributed by atoms with Crippen molar-refractivity contribution in [2.45, 2.75) is 64.7 Å². The Morgan fingerprint density at radius 1 is 0.875 bits per heavy atom. The third kappa shape index (κ3) is 19.5. The maximum atomic E-state index is 11.4. The van der Waals surface area contributed by atoms with Crippen molar-refractivity contribution >= 4 is 55.6 Å². The summed E-state index contributed by atoms with van der Waals surface area (Å²) in [6.07, 6.45) is 8.99. The number of carbonyl (C=O) groups is 3. The molecule has 1 N–H and O–H groups in total. The van der Waals surface area contributed by atoms with Crippen LogP contribution in [0.2, 0.25) is 0 Å². The van der Waals surface area contributed by atoms with Gasteiger partial charge in [-0.1, -0.05) is 12.5 Å². The van der Waals surface area contributed by atoms with Crippen LogP contribution in [-0.4, -0.2) is 74.0 Å². The van der Waals surface area contributed by atoms with E-state index >= 15 is 0 Å². The molecule has 0 fully saturated rings. The molecule has 7 heteroatoms. The Morgan fingerprint density at radius 2 is 1.42 bits per heavy atom. The van der Waals surface area contributed by atoms with E-state index in [0.717, 1.165) is 32.1 Å². The van der Waals surface area contributed by atoms with Gasteiger partial charge in [-0.25, -0.2) is 4.79 Å². The maximum absolute atomic E-state index is 11.4. The van der Waals surface area contributed by atoms with Gasteiger partial charge >= 0.3 is 55.6 Å². The van der Waals surface area contributed by atoms with E-state index < -0.39 is 5.97 Å². The number of rotatable bonds is 14. The zero-order valence-corrected chi connectivity index (χ0v) is 16.8. The standard InChI is InChI=1S/C17H28O6.Ca.2H/c1-2-10-16(20)22-13-8-3-4-9-14-23-17(21)12-7-5-6-11-15(18)19;;;/h2,10H,3-9,11-14H2,1H3,(H,18,19);;;/q;+2;2*-1. The molecular formula is C17H30CaO6. The van der Waals surface area contributed by atoms with Crippen LogP contribution in [0, 0.1) is 0 Å². The minimum atomic E-state index is -0.802. The van der Waals surface area contributed by atoms with E-state index in [-0.39, 0.29) is 59.0 Å². The fourth-order valence-electron chi connectivity index (χ4n) is 1.90. The molecule has 0 bridgehead atoms. The summed E-state index contributed by atoms with van der Waals surface area (Å²) in [5.74, 6) is -1.34. The van der Waals surface area contributed by atoms with Crippen LogP contribution in [-0.2, 0) is 23.9 Å². The van der Waals surface area contributed by atoms with E-state index in [1.807, 2.05) is 0 Å². The number of hydrogen-bond acceptors (Lipinski definition) is 5. The first-order chi connectivity index (χ1) is 11.1. The fourth-order valence-corrected chi connectivity index (χ4v) is 1.90. The van der Waals surface area contributed by atoms with Gasteiger partial charge < -0.3 is 17.4 Å². The average molecular weight is 370 g/mol. The van der Waals surface area contributed by atoms with Crippen LogP contribution in [0.1, 0.15) is 67.6 Å². The SMILES string of the molecule is CC=CC(=O)OCCCCCCOC(=O)CCCCCC(=O)O.[Ca+2].[H-].[H-]. The van der Waals surface area contributed by atoms with Crippen molar-refractivity contribution in [1.29, 1.82) is 0 Å². The van der Waals surface area contributed by atoms with E-state index in [0.29, 0.717) is 32.5 Å². The summed E-state index contributed by atoms with van der Waals surface area (Å²) in [4.78, 5) is 32.7. The summed E-state index contributed by atoms with van der Waals surface area (Å²) >= 11 is 0. The Bertz CT molecular complexity index is 391. The predicted octanol–water partition coefficient (Wildman–Crippen LogP) is 3.09. The number of aliphatic carboxylic acids is 1. The van der Waals surface area contributed by atoms with Gasteiger partial charge in [-0.3, -0.25) is 9.59 Å². The molecule has 136 valence electrons. The first-order valence-electron chi connectivity index (χ1n) is 8.23. The van der Waals surface area contributed by atoms with E-state index in [1.165, 1.54) is 6.08 Å². The van der Waals surface area contributed by atoms with Gasteiger partial charge in [-0.05, 0) is 45.4 Å². The predicted molar refractivity (Wildman–Crippen MR) is 93.9 cm³/mol. The molecule has 0 saturated heterocycles. The van der Waals surface area contributed by atoms with Crippen LogP contribution in [0.25, 0.3) is 0 Å². The van der Waals surface area contributed by atoms with Gasteiger partial charge in [0, 0.05) is 18.9 Å². The molecule has 0 amide bonds. The molecule has 24 heavy (non-hydrogen) atoms. The van der Waals surface area contributed by atoms with Crippen molar-refractivity contribution in [3.8, 4) is 0 Å². The molecule has 0 spiro atoms. The maximum Gasteiger partial charge on any atom is 2.00 e. The van der Waals surface area contributed by atoms with Crippen molar-refractivity contribution in [3.63, 3.8) is 0 Å². The van der Waals surface area contributed by atoms with Crippen LogP contribution >= 0.6 is 0 Å². The topological polar surface area (TPSA) is 89.9 Å². The zero-order valence-electron chi connectivity index (χ0n) is 16.6. The summed E-state index contributed by atoms with van der Waals surface area (Å²) in [5, 5.41) is 8.47. The van der Waals surface area contributed by atoms with Crippen molar-refractivity contribution in [2.75, 3.05) is 13.2 Å². The van der Waals surface area contributed by atoms with Crippen molar-refractivity contribution in [3.05, 3.63) is 12.2 Å². The minimum Gasteiger partial charge on any atom is -1.00 e. The van der Waals surface area contributed by atoms with Gasteiger partial charge in [0.05, 0.1) is 13.2 Å². The number of carboxylic acid groups (broad SMARTS) is 1.